The van der Waals surface area contributed by atoms with E-state index in [0.717, 1.165) is 0 Å². The minimum absolute atomic E-state index is 0.0699. The van der Waals surface area contributed by atoms with Crippen molar-refractivity contribution in [3.8, 4) is 5.75 Å². The molecule has 2 aromatic rings. The predicted molar refractivity (Wildman–Crippen MR) is 105 cm³/mol. The Kier molecular flexibility index (Phi) is 6.03. The van der Waals surface area contributed by atoms with Gasteiger partial charge in [0.1, 0.15) is 5.75 Å². The number of benzene rings is 2. The first-order chi connectivity index (χ1) is 12.1. The van der Waals surface area contributed by atoms with Crippen LogP contribution in [0.15, 0.2) is 48.5 Å². The van der Waals surface area contributed by atoms with Crippen LogP contribution in [0.3, 0.4) is 0 Å². The van der Waals surface area contributed by atoms with E-state index in [1.54, 1.807) is 31.2 Å². The molecule has 0 unspecified atom stereocenters. The van der Waals surface area contributed by atoms with Crippen LogP contribution in [-0.4, -0.2) is 17.9 Å². The van der Waals surface area contributed by atoms with Gasteiger partial charge in [-0.3, -0.25) is 9.59 Å². The quantitative estimate of drug-likeness (QED) is 0.839. The van der Waals surface area contributed by atoms with Gasteiger partial charge in [0.2, 0.25) is 5.91 Å². The van der Waals surface area contributed by atoms with Crippen LogP contribution in [0.5, 0.6) is 5.75 Å². The van der Waals surface area contributed by atoms with Crippen LogP contribution in [-0.2, 0) is 15.0 Å². The second kappa shape index (κ2) is 8.04. The summed E-state index contributed by atoms with van der Waals surface area (Å²) >= 11 is 0. The molecule has 0 aromatic heterocycles. The average molecular weight is 354 g/mol. The maximum atomic E-state index is 12.4. The monoisotopic (exact) mass is 354 g/mol. The first-order valence-corrected chi connectivity index (χ1v) is 8.61. The minimum atomic E-state index is -0.653. The Labute approximate surface area is 154 Å². The maximum Gasteiger partial charge on any atom is 0.265 e. The molecule has 2 rings (SSSR count). The Balaban J connectivity index is 1.98. The first-order valence-electron chi connectivity index (χ1n) is 8.61. The zero-order chi connectivity index (χ0) is 19.3. The van der Waals surface area contributed by atoms with Gasteiger partial charge < -0.3 is 15.4 Å². The van der Waals surface area contributed by atoms with Crippen molar-refractivity contribution in [1.82, 2.24) is 0 Å². The number of rotatable bonds is 5. The largest absolute Gasteiger partial charge is 0.481 e. The molecule has 0 aliphatic rings. The van der Waals surface area contributed by atoms with E-state index in [0.29, 0.717) is 17.1 Å². The van der Waals surface area contributed by atoms with Crippen LogP contribution in [0, 0.1) is 0 Å². The topological polar surface area (TPSA) is 67.4 Å². The second-order valence-electron chi connectivity index (χ2n) is 7.29. The Morgan fingerprint density at radius 3 is 2.08 bits per heavy atom. The highest BCUT2D eigenvalue weighted by atomic mass is 16.5. The number of carbonyl (C=O) groups excluding carboxylic acids is 2. The van der Waals surface area contributed by atoms with E-state index in [1.165, 1.54) is 12.5 Å². The highest BCUT2D eigenvalue weighted by Crippen LogP contribution is 2.25. The van der Waals surface area contributed by atoms with Gasteiger partial charge in [-0.1, -0.05) is 39.0 Å². The molecule has 0 fully saturated rings. The third-order valence-corrected chi connectivity index (χ3v) is 3.85. The molecule has 5 nitrogen and oxygen atoms in total. The molecular weight excluding hydrogens is 328 g/mol. The molecule has 1 atom stereocenters. The molecule has 0 aliphatic carbocycles. The molecule has 5 heteroatoms. The fraction of sp³-hybridized carbons (Fsp3) is 0.333. The summed E-state index contributed by atoms with van der Waals surface area (Å²) in [5.41, 5.74) is 2.50. The van der Waals surface area contributed by atoms with Gasteiger partial charge in [0.05, 0.1) is 0 Å². The average Bonchev–Trinajstić information content (AvgIpc) is 2.54. The number of carbonyl (C=O) groups is 2. The normalized spacial score (nSPS) is 12.2. The van der Waals surface area contributed by atoms with E-state index in [1.807, 2.05) is 24.3 Å². The molecule has 0 bridgehead atoms. The number of hydrogen-bond donors (Lipinski definition) is 2. The van der Waals surface area contributed by atoms with E-state index in [-0.39, 0.29) is 17.2 Å². The van der Waals surface area contributed by atoms with Crippen molar-refractivity contribution in [2.75, 3.05) is 10.6 Å². The number of ether oxygens (including phenoxy) is 1. The first kappa shape index (κ1) is 19.5. The molecule has 2 aromatic carbocycles. The van der Waals surface area contributed by atoms with Gasteiger partial charge in [0.15, 0.2) is 6.10 Å². The SMILES string of the molecule is CC(=O)Nc1cccc(NC(=O)[C@H](C)Oc2ccc(C(C)(C)C)cc2)c1. The van der Waals surface area contributed by atoms with Gasteiger partial charge in [-0.15, -0.1) is 0 Å². The van der Waals surface area contributed by atoms with E-state index < -0.39 is 6.10 Å². The van der Waals surface area contributed by atoms with Gasteiger partial charge in [-0.2, -0.15) is 0 Å². The summed E-state index contributed by atoms with van der Waals surface area (Å²) in [4.78, 5) is 23.5. The Hall–Kier alpha value is -2.82. The molecule has 2 amide bonds. The third kappa shape index (κ3) is 5.62. The summed E-state index contributed by atoms with van der Waals surface area (Å²) < 4.78 is 5.73. The maximum absolute atomic E-state index is 12.4. The van der Waals surface area contributed by atoms with Crippen molar-refractivity contribution in [2.24, 2.45) is 0 Å². The molecule has 0 saturated carbocycles. The molecule has 0 heterocycles. The fourth-order valence-electron chi connectivity index (χ4n) is 2.41. The molecule has 26 heavy (non-hydrogen) atoms. The minimum Gasteiger partial charge on any atom is -0.481 e. The Morgan fingerprint density at radius 2 is 1.54 bits per heavy atom. The molecule has 0 radical (unpaired) electrons. The smallest absolute Gasteiger partial charge is 0.265 e. The van der Waals surface area contributed by atoms with Crippen LogP contribution >= 0.6 is 0 Å². The zero-order valence-electron chi connectivity index (χ0n) is 15.9. The summed E-state index contributed by atoms with van der Waals surface area (Å²) in [6.07, 6.45) is -0.653. The molecule has 2 N–H and O–H groups in total. The van der Waals surface area contributed by atoms with Crippen molar-refractivity contribution in [3.05, 3.63) is 54.1 Å². The number of anilines is 2. The Bertz CT molecular complexity index is 777. The van der Waals surface area contributed by atoms with Crippen molar-refractivity contribution in [2.45, 2.75) is 46.1 Å². The van der Waals surface area contributed by atoms with Crippen molar-refractivity contribution < 1.29 is 14.3 Å². The summed E-state index contributed by atoms with van der Waals surface area (Å²) in [6, 6.07) is 14.8. The van der Waals surface area contributed by atoms with Gasteiger partial charge in [0.25, 0.3) is 5.91 Å². The zero-order valence-corrected chi connectivity index (χ0v) is 15.9. The highest BCUT2D eigenvalue weighted by molar-refractivity contribution is 5.95. The van der Waals surface area contributed by atoms with E-state index in [2.05, 4.69) is 31.4 Å². The number of amides is 2. The summed E-state index contributed by atoms with van der Waals surface area (Å²) in [5.74, 6) is 0.224. The fourth-order valence-corrected chi connectivity index (χ4v) is 2.41. The van der Waals surface area contributed by atoms with Gasteiger partial charge in [-0.05, 0) is 48.2 Å². The Morgan fingerprint density at radius 1 is 0.962 bits per heavy atom. The summed E-state index contributed by atoms with van der Waals surface area (Å²) in [5, 5.41) is 5.48. The van der Waals surface area contributed by atoms with Crippen LogP contribution in [0.1, 0.15) is 40.2 Å². The van der Waals surface area contributed by atoms with Crippen LogP contribution < -0.4 is 15.4 Å². The molecule has 138 valence electrons. The van der Waals surface area contributed by atoms with Crippen LogP contribution in [0.2, 0.25) is 0 Å². The lowest BCUT2D eigenvalue weighted by Gasteiger charge is -2.20. The van der Waals surface area contributed by atoms with E-state index in [9.17, 15) is 9.59 Å². The van der Waals surface area contributed by atoms with E-state index >= 15 is 0 Å². The van der Waals surface area contributed by atoms with Crippen molar-refractivity contribution in [1.29, 1.82) is 0 Å². The van der Waals surface area contributed by atoms with Crippen LogP contribution in [0.25, 0.3) is 0 Å². The molecular formula is C21H26N2O3. The summed E-state index contributed by atoms with van der Waals surface area (Å²) in [6.45, 7) is 9.58. The van der Waals surface area contributed by atoms with Gasteiger partial charge >= 0.3 is 0 Å². The number of nitrogens with one attached hydrogen (secondary N) is 2. The number of hydrogen-bond acceptors (Lipinski definition) is 3. The molecule has 0 saturated heterocycles. The highest BCUT2D eigenvalue weighted by Gasteiger charge is 2.17. The molecule has 0 aliphatic heterocycles. The predicted octanol–water partition coefficient (Wildman–Crippen LogP) is 4.35. The lowest BCUT2D eigenvalue weighted by molar-refractivity contribution is -0.122. The van der Waals surface area contributed by atoms with Gasteiger partial charge in [0, 0.05) is 18.3 Å². The van der Waals surface area contributed by atoms with Crippen LogP contribution in [0.4, 0.5) is 11.4 Å². The third-order valence-electron chi connectivity index (χ3n) is 3.85. The van der Waals surface area contributed by atoms with E-state index in [4.69, 9.17) is 4.74 Å². The standard InChI is InChI=1S/C21H26N2O3/c1-14(26-19-11-9-16(10-12-19)21(3,4)5)20(25)23-18-8-6-7-17(13-18)22-15(2)24/h6-14H,1-5H3,(H,22,24)(H,23,25)/t14-/m0/s1. The summed E-state index contributed by atoms with van der Waals surface area (Å²) in [7, 11) is 0. The molecule has 0 spiro atoms. The van der Waals surface area contributed by atoms with Crippen molar-refractivity contribution >= 4 is 23.2 Å². The van der Waals surface area contributed by atoms with Crippen molar-refractivity contribution in [3.63, 3.8) is 0 Å². The second-order valence-corrected chi connectivity index (χ2v) is 7.29. The van der Waals surface area contributed by atoms with Gasteiger partial charge in [-0.25, -0.2) is 0 Å². The lowest BCUT2D eigenvalue weighted by atomic mass is 9.87. The lowest BCUT2D eigenvalue weighted by Crippen LogP contribution is -2.30.